The number of rotatable bonds is 4. The number of ether oxygens (including phenoxy) is 1. The maximum absolute atomic E-state index is 12.4. The minimum Gasteiger partial charge on any atom is -0.491 e. The lowest BCUT2D eigenvalue weighted by Crippen LogP contribution is -2.59. The normalized spacial score (nSPS) is 19.2. The van der Waals surface area contributed by atoms with Crippen LogP contribution in [-0.2, 0) is 17.8 Å². The third-order valence-corrected chi connectivity index (χ3v) is 4.44. The van der Waals surface area contributed by atoms with E-state index >= 15 is 0 Å². The van der Waals surface area contributed by atoms with E-state index in [4.69, 9.17) is 4.74 Å². The molecule has 1 unspecified atom stereocenters. The number of halogens is 1. The Kier molecular flexibility index (Phi) is 4.73. The van der Waals surface area contributed by atoms with E-state index in [1.165, 1.54) is 10.6 Å². The monoisotopic (exact) mass is 392 g/mol. The van der Waals surface area contributed by atoms with Crippen LogP contribution in [0.3, 0.4) is 0 Å². The predicted molar refractivity (Wildman–Crippen MR) is 92.0 cm³/mol. The van der Waals surface area contributed by atoms with Crippen molar-refractivity contribution < 1.29 is 14.6 Å². The zero-order valence-corrected chi connectivity index (χ0v) is 14.5. The molecule has 0 spiro atoms. The summed E-state index contributed by atoms with van der Waals surface area (Å²) in [6, 6.07) is 10.5. The molecule has 0 saturated heterocycles. The van der Waals surface area contributed by atoms with Crippen LogP contribution in [0.2, 0.25) is 0 Å². The number of hydrogen-bond donors (Lipinski definition) is 2. The fourth-order valence-corrected chi connectivity index (χ4v) is 3.14. The summed E-state index contributed by atoms with van der Waals surface area (Å²) >= 11 is 3.28. The molecule has 1 aliphatic heterocycles. The quantitative estimate of drug-likeness (QED) is 0.815. The van der Waals surface area contributed by atoms with Gasteiger partial charge in [-0.3, -0.25) is 9.59 Å². The second-order valence-corrected chi connectivity index (χ2v) is 6.79. The van der Waals surface area contributed by atoms with Gasteiger partial charge < -0.3 is 19.7 Å². The number of benzene rings is 1. The summed E-state index contributed by atoms with van der Waals surface area (Å²) in [7, 11) is 0. The van der Waals surface area contributed by atoms with Crippen LogP contribution in [-0.4, -0.2) is 34.3 Å². The van der Waals surface area contributed by atoms with Crippen LogP contribution < -0.4 is 15.6 Å². The van der Waals surface area contributed by atoms with Crippen LogP contribution in [0.5, 0.6) is 5.75 Å². The average Bonchev–Trinajstić information content (AvgIpc) is 2.58. The van der Waals surface area contributed by atoms with E-state index in [-0.39, 0.29) is 31.2 Å². The number of nitrogens with zero attached hydrogens (tertiary/aromatic N) is 1. The number of carbonyl (C=O) groups excluding carboxylic acids is 1. The molecular formula is C17H17BrN2O4. The first-order chi connectivity index (χ1) is 11.5. The summed E-state index contributed by atoms with van der Waals surface area (Å²) < 4.78 is 7.69. The van der Waals surface area contributed by atoms with Crippen molar-refractivity contribution in [3.63, 3.8) is 0 Å². The van der Waals surface area contributed by atoms with Gasteiger partial charge in [-0.25, -0.2) is 0 Å². The summed E-state index contributed by atoms with van der Waals surface area (Å²) in [5.74, 6) is 0.409. The molecule has 3 rings (SSSR count). The molecule has 7 heteroatoms. The van der Waals surface area contributed by atoms with Crippen LogP contribution in [0, 0.1) is 0 Å². The molecule has 2 N–H and O–H groups in total. The van der Waals surface area contributed by atoms with Crippen molar-refractivity contribution >= 4 is 21.8 Å². The lowest BCUT2D eigenvalue weighted by Gasteiger charge is -2.37. The Labute approximate surface area is 147 Å². The minimum absolute atomic E-state index is 0.123. The van der Waals surface area contributed by atoms with E-state index in [1.54, 1.807) is 12.3 Å². The van der Waals surface area contributed by atoms with Gasteiger partial charge in [0.2, 0.25) is 5.91 Å². The average molecular weight is 393 g/mol. The molecule has 0 aliphatic carbocycles. The molecule has 1 amide bonds. The smallest absolute Gasteiger partial charge is 0.251 e. The van der Waals surface area contributed by atoms with Gasteiger partial charge in [0.1, 0.15) is 24.4 Å². The Morgan fingerprint density at radius 3 is 2.92 bits per heavy atom. The van der Waals surface area contributed by atoms with Crippen LogP contribution in [0.1, 0.15) is 5.56 Å². The van der Waals surface area contributed by atoms with Crippen molar-refractivity contribution in [1.29, 1.82) is 0 Å². The van der Waals surface area contributed by atoms with E-state index in [9.17, 15) is 14.7 Å². The highest BCUT2D eigenvalue weighted by Crippen LogP contribution is 2.29. The van der Waals surface area contributed by atoms with Crippen LogP contribution in [0.15, 0.2) is 51.9 Å². The third-order valence-electron chi connectivity index (χ3n) is 3.97. The molecule has 0 radical (unpaired) electrons. The third kappa shape index (κ3) is 3.52. The highest BCUT2D eigenvalue weighted by molar-refractivity contribution is 9.10. The minimum atomic E-state index is -0.888. The van der Waals surface area contributed by atoms with Gasteiger partial charge in [0.05, 0.1) is 6.61 Å². The number of aliphatic hydroxyl groups is 1. The van der Waals surface area contributed by atoms with Gasteiger partial charge in [0.25, 0.3) is 5.56 Å². The molecule has 1 aliphatic rings. The second kappa shape index (κ2) is 6.78. The van der Waals surface area contributed by atoms with Crippen molar-refractivity contribution in [2.75, 3.05) is 13.2 Å². The van der Waals surface area contributed by atoms with E-state index in [0.29, 0.717) is 10.9 Å². The van der Waals surface area contributed by atoms with Gasteiger partial charge in [-0.1, -0.05) is 18.2 Å². The summed E-state index contributed by atoms with van der Waals surface area (Å²) in [6.07, 6.45) is 2.03. The Bertz CT molecular complexity index is 820. The fraction of sp³-hybridized carbons (Fsp3) is 0.294. The molecule has 2 aromatic rings. The zero-order valence-electron chi connectivity index (χ0n) is 12.9. The summed E-state index contributed by atoms with van der Waals surface area (Å²) in [5, 5.41) is 12.6. The molecule has 1 atom stereocenters. The van der Waals surface area contributed by atoms with Gasteiger partial charge in [0.15, 0.2) is 0 Å². The molecule has 0 bridgehead atoms. The number of pyridine rings is 1. The van der Waals surface area contributed by atoms with Crippen LogP contribution >= 0.6 is 15.9 Å². The van der Waals surface area contributed by atoms with Crippen molar-refractivity contribution in [3.8, 4) is 5.75 Å². The molecular weight excluding hydrogens is 376 g/mol. The maximum atomic E-state index is 12.4. The molecule has 24 heavy (non-hydrogen) atoms. The SMILES string of the molecule is O=C(Cn1cc(Br)ccc1=O)NC1(CO)COc2ccccc2C1. The van der Waals surface area contributed by atoms with E-state index in [2.05, 4.69) is 21.2 Å². The lowest BCUT2D eigenvalue weighted by molar-refractivity contribution is -0.125. The van der Waals surface area contributed by atoms with Gasteiger partial charge >= 0.3 is 0 Å². The van der Waals surface area contributed by atoms with Crippen molar-refractivity contribution in [1.82, 2.24) is 9.88 Å². The van der Waals surface area contributed by atoms with Gasteiger partial charge in [-0.2, -0.15) is 0 Å². The van der Waals surface area contributed by atoms with Gasteiger partial charge in [0, 0.05) is 23.2 Å². The molecule has 1 aromatic heterocycles. The van der Waals surface area contributed by atoms with Crippen molar-refractivity contribution in [3.05, 3.63) is 63.0 Å². The van der Waals surface area contributed by atoms with Crippen LogP contribution in [0.4, 0.5) is 0 Å². The molecule has 126 valence electrons. The molecule has 0 saturated carbocycles. The zero-order chi connectivity index (χ0) is 17.2. The first-order valence-electron chi connectivity index (χ1n) is 7.50. The van der Waals surface area contributed by atoms with Crippen molar-refractivity contribution in [2.45, 2.75) is 18.5 Å². The molecule has 2 heterocycles. The second-order valence-electron chi connectivity index (χ2n) is 5.87. The number of fused-ring (bicyclic) bond motifs is 1. The Morgan fingerprint density at radius 2 is 2.12 bits per heavy atom. The lowest BCUT2D eigenvalue weighted by atomic mass is 9.89. The van der Waals surface area contributed by atoms with E-state index < -0.39 is 5.54 Å². The number of para-hydroxylation sites is 1. The topological polar surface area (TPSA) is 80.6 Å². The first-order valence-corrected chi connectivity index (χ1v) is 8.29. The Hall–Kier alpha value is -2.12. The molecule has 0 fully saturated rings. The predicted octanol–water partition coefficient (Wildman–Crippen LogP) is 1.09. The molecule has 6 nitrogen and oxygen atoms in total. The summed E-state index contributed by atoms with van der Waals surface area (Å²) in [4.78, 5) is 24.2. The number of aliphatic hydroxyl groups excluding tert-OH is 1. The maximum Gasteiger partial charge on any atom is 0.251 e. The summed E-state index contributed by atoms with van der Waals surface area (Å²) in [6.45, 7) is -0.193. The molecule has 1 aromatic carbocycles. The Balaban J connectivity index is 1.75. The standard InChI is InChI=1S/C17H17BrN2O4/c18-13-5-6-16(23)20(8-13)9-15(22)19-17(10-21)7-12-3-1-2-4-14(12)24-11-17/h1-6,8,21H,7,9-11H2,(H,19,22). The number of nitrogens with one attached hydrogen (secondary N) is 1. The highest BCUT2D eigenvalue weighted by Gasteiger charge is 2.36. The largest absolute Gasteiger partial charge is 0.491 e. The summed E-state index contributed by atoms with van der Waals surface area (Å²) in [5.41, 5.74) is -0.226. The van der Waals surface area contributed by atoms with E-state index in [0.717, 1.165) is 11.3 Å². The van der Waals surface area contributed by atoms with Crippen LogP contribution in [0.25, 0.3) is 0 Å². The Morgan fingerprint density at radius 1 is 1.33 bits per heavy atom. The van der Waals surface area contributed by atoms with E-state index in [1.807, 2.05) is 24.3 Å². The van der Waals surface area contributed by atoms with Gasteiger partial charge in [-0.15, -0.1) is 0 Å². The van der Waals surface area contributed by atoms with Crippen molar-refractivity contribution in [2.24, 2.45) is 0 Å². The highest BCUT2D eigenvalue weighted by atomic mass is 79.9. The number of amides is 1. The number of carbonyl (C=O) groups is 1. The number of aromatic nitrogens is 1. The first kappa shape index (κ1) is 16.7. The van der Waals surface area contributed by atoms with Gasteiger partial charge in [-0.05, 0) is 33.6 Å². The fourth-order valence-electron chi connectivity index (χ4n) is 2.76. The number of hydrogen-bond acceptors (Lipinski definition) is 4.